The van der Waals surface area contributed by atoms with Crippen LogP contribution < -0.4 is 5.73 Å². The molecule has 0 heterocycles. The molecule has 0 radical (unpaired) electrons. The Labute approximate surface area is 78.5 Å². The first-order valence-corrected chi connectivity index (χ1v) is 4.74. The SMILES string of the molecule is NC(CCCCl)c1ccccc1. The minimum atomic E-state index is 0.143. The largest absolute Gasteiger partial charge is 0.324 e. The van der Waals surface area contributed by atoms with Crippen molar-refractivity contribution in [1.29, 1.82) is 0 Å². The van der Waals surface area contributed by atoms with E-state index in [9.17, 15) is 0 Å². The molecule has 0 aliphatic heterocycles. The zero-order valence-corrected chi connectivity index (χ0v) is 7.80. The van der Waals surface area contributed by atoms with Gasteiger partial charge in [-0.25, -0.2) is 0 Å². The lowest BCUT2D eigenvalue weighted by molar-refractivity contribution is 0.641. The van der Waals surface area contributed by atoms with E-state index in [1.54, 1.807) is 0 Å². The maximum Gasteiger partial charge on any atom is 0.0295 e. The van der Waals surface area contributed by atoms with Gasteiger partial charge in [-0.3, -0.25) is 0 Å². The van der Waals surface area contributed by atoms with Crippen LogP contribution in [0.1, 0.15) is 24.4 Å². The molecular weight excluding hydrogens is 170 g/mol. The Hall–Kier alpha value is -0.530. The van der Waals surface area contributed by atoms with Crippen LogP contribution in [-0.4, -0.2) is 5.88 Å². The second kappa shape index (κ2) is 5.18. The summed E-state index contributed by atoms with van der Waals surface area (Å²) in [5, 5.41) is 0. The van der Waals surface area contributed by atoms with Crippen molar-refractivity contribution in [2.45, 2.75) is 18.9 Å². The smallest absolute Gasteiger partial charge is 0.0295 e. The van der Waals surface area contributed by atoms with Crippen molar-refractivity contribution in [3.05, 3.63) is 35.9 Å². The lowest BCUT2D eigenvalue weighted by atomic mass is 10.0. The van der Waals surface area contributed by atoms with Crippen molar-refractivity contribution in [1.82, 2.24) is 0 Å². The van der Waals surface area contributed by atoms with E-state index in [1.165, 1.54) is 5.56 Å². The van der Waals surface area contributed by atoms with E-state index in [0.29, 0.717) is 5.88 Å². The average Bonchev–Trinajstić information content (AvgIpc) is 2.15. The van der Waals surface area contributed by atoms with Crippen LogP contribution in [0.2, 0.25) is 0 Å². The van der Waals surface area contributed by atoms with Crippen molar-refractivity contribution >= 4 is 11.6 Å². The predicted molar refractivity (Wildman–Crippen MR) is 53.3 cm³/mol. The minimum Gasteiger partial charge on any atom is -0.324 e. The lowest BCUT2D eigenvalue weighted by Crippen LogP contribution is -2.09. The van der Waals surface area contributed by atoms with Crippen molar-refractivity contribution in [2.24, 2.45) is 5.73 Å². The molecule has 0 saturated carbocycles. The summed E-state index contributed by atoms with van der Waals surface area (Å²) in [5.41, 5.74) is 7.12. The van der Waals surface area contributed by atoms with Gasteiger partial charge >= 0.3 is 0 Å². The van der Waals surface area contributed by atoms with E-state index >= 15 is 0 Å². The highest BCUT2D eigenvalue weighted by Crippen LogP contribution is 2.14. The minimum absolute atomic E-state index is 0.143. The Morgan fingerprint density at radius 2 is 1.92 bits per heavy atom. The Morgan fingerprint density at radius 1 is 1.25 bits per heavy atom. The van der Waals surface area contributed by atoms with Crippen LogP contribution in [0.3, 0.4) is 0 Å². The Kier molecular flexibility index (Phi) is 4.12. The van der Waals surface area contributed by atoms with E-state index < -0.39 is 0 Å². The first-order valence-electron chi connectivity index (χ1n) is 4.21. The molecule has 1 aromatic carbocycles. The fraction of sp³-hybridized carbons (Fsp3) is 0.400. The summed E-state index contributed by atoms with van der Waals surface area (Å²) in [6.07, 6.45) is 1.95. The van der Waals surface area contributed by atoms with Crippen LogP contribution in [0.25, 0.3) is 0 Å². The molecule has 66 valence electrons. The third-order valence-corrected chi connectivity index (χ3v) is 2.14. The van der Waals surface area contributed by atoms with Crippen molar-refractivity contribution < 1.29 is 0 Å². The number of halogens is 1. The summed E-state index contributed by atoms with van der Waals surface area (Å²) in [6.45, 7) is 0. The summed E-state index contributed by atoms with van der Waals surface area (Å²) in [6, 6.07) is 10.3. The van der Waals surface area contributed by atoms with Gasteiger partial charge in [0.15, 0.2) is 0 Å². The molecule has 0 aliphatic carbocycles. The highest BCUT2D eigenvalue weighted by molar-refractivity contribution is 6.17. The standard InChI is InChI=1S/C10H14ClN/c11-8-4-7-10(12)9-5-2-1-3-6-9/h1-3,5-6,10H,4,7-8,12H2. The fourth-order valence-electron chi connectivity index (χ4n) is 1.16. The molecule has 0 saturated heterocycles. The van der Waals surface area contributed by atoms with E-state index in [-0.39, 0.29) is 6.04 Å². The van der Waals surface area contributed by atoms with Gasteiger partial charge in [0.1, 0.15) is 0 Å². The van der Waals surface area contributed by atoms with E-state index in [2.05, 4.69) is 12.1 Å². The molecule has 1 atom stereocenters. The first-order chi connectivity index (χ1) is 5.84. The third-order valence-electron chi connectivity index (χ3n) is 1.88. The number of nitrogens with two attached hydrogens (primary N) is 1. The summed E-state index contributed by atoms with van der Waals surface area (Å²) in [4.78, 5) is 0. The van der Waals surface area contributed by atoms with Crippen LogP contribution in [0.15, 0.2) is 30.3 Å². The van der Waals surface area contributed by atoms with E-state index in [0.717, 1.165) is 12.8 Å². The molecule has 2 heteroatoms. The van der Waals surface area contributed by atoms with Crippen LogP contribution in [0.5, 0.6) is 0 Å². The first kappa shape index (κ1) is 9.56. The molecule has 1 nitrogen and oxygen atoms in total. The molecular formula is C10H14ClN. The van der Waals surface area contributed by atoms with Gasteiger partial charge in [0, 0.05) is 11.9 Å². The van der Waals surface area contributed by atoms with Crippen LogP contribution in [-0.2, 0) is 0 Å². The molecule has 1 aromatic rings. The molecule has 1 unspecified atom stereocenters. The molecule has 0 aliphatic rings. The van der Waals surface area contributed by atoms with Gasteiger partial charge in [-0.15, -0.1) is 11.6 Å². The van der Waals surface area contributed by atoms with Crippen LogP contribution in [0, 0.1) is 0 Å². The second-order valence-electron chi connectivity index (χ2n) is 2.85. The van der Waals surface area contributed by atoms with Crippen molar-refractivity contribution in [2.75, 3.05) is 5.88 Å². The highest BCUT2D eigenvalue weighted by Gasteiger charge is 2.03. The zero-order valence-electron chi connectivity index (χ0n) is 7.04. The van der Waals surface area contributed by atoms with Crippen LogP contribution in [0.4, 0.5) is 0 Å². The van der Waals surface area contributed by atoms with Crippen LogP contribution >= 0.6 is 11.6 Å². The number of benzene rings is 1. The summed E-state index contributed by atoms with van der Waals surface area (Å²) in [7, 11) is 0. The topological polar surface area (TPSA) is 26.0 Å². The highest BCUT2D eigenvalue weighted by atomic mass is 35.5. The van der Waals surface area contributed by atoms with Gasteiger partial charge < -0.3 is 5.73 Å². The molecule has 0 amide bonds. The number of alkyl halides is 1. The summed E-state index contributed by atoms with van der Waals surface area (Å²) in [5.74, 6) is 0.695. The quantitative estimate of drug-likeness (QED) is 0.714. The average molecular weight is 184 g/mol. The molecule has 0 fully saturated rings. The van der Waals surface area contributed by atoms with E-state index in [4.69, 9.17) is 17.3 Å². The Bertz CT molecular complexity index is 210. The molecule has 0 spiro atoms. The molecule has 0 aromatic heterocycles. The van der Waals surface area contributed by atoms with Gasteiger partial charge in [-0.1, -0.05) is 30.3 Å². The Balaban J connectivity index is 2.48. The predicted octanol–water partition coefficient (Wildman–Crippen LogP) is 2.71. The molecule has 0 bridgehead atoms. The lowest BCUT2D eigenvalue weighted by Gasteiger charge is -2.09. The van der Waals surface area contributed by atoms with E-state index in [1.807, 2.05) is 18.2 Å². The maximum absolute atomic E-state index is 5.92. The zero-order chi connectivity index (χ0) is 8.81. The summed E-state index contributed by atoms with van der Waals surface area (Å²) < 4.78 is 0. The van der Waals surface area contributed by atoms with Gasteiger partial charge in [-0.2, -0.15) is 0 Å². The van der Waals surface area contributed by atoms with Crippen molar-refractivity contribution in [3.8, 4) is 0 Å². The normalized spacial score (nSPS) is 12.8. The maximum atomic E-state index is 5.92. The van der Waals surface area contributed by atoms with Gasteiger partial charge in [-0.05, 0) is 18.4 Å². The van der Waals surface area contributed by atoms with Crippen molar-refractivity contribution in [3.63, 3.8) is 0 Å². The molecule has 2 N–H and O–H groups in total. The number of hydrogen-bond acceptors (Lipinski definition) is 1. The van der Waals surface area contributed by atoms with Gasteiger partial charge in [0.25, 0.3) is 0 Å². The monoisotopic (exact) mass is 183 g/mol. The third kappa shape index (κ3) is 2.84. The number of rotatable bonds is 4. The van der Waals surface area contributed by atoms with Gasteiger partial charge in [0.05, 0.1) is 0 Å². The molecule has 1 rings (SSSR count). The number of hydrogen-bond donors (Lipinski definition) is 1. The molecule has 12 heavy (non-hydrogen) atoms. The fourth-order valence-corrected chi connectivity index (χ4v) is 1.32. The summed E-state index contributed by atoms with van der Waals surface area (Å²) >= 11 is 5.58. The Morgan fingerprint density at radius 3 is 2.50 bits per heavy atom. The van der Waals surface area contributed by atoms with Gasteiger partial charge in [0.2, 0.25) is 0 Å². The second-order valence-corrected chi connectivity index (χ2v) is 3.23.